The van der Waals surface area contributed by atoms with Crippen LogP contribution >= 0.6 is 11.3 Å². The van der Waals surface area contributed by atoms with Crippen molar-refractivity contribution in [2.24, 2.45) is 11.8 Å². The van der Waals surface area contributed by atoms with E-state index in [0.29, 0.717) is 11.8 Å². The third-order valence-corrected chi connectivity index (χ3v) is 6.30. The third kappa shape index (κ3) is 3.50. The minimum Gasteiger partial charge on any atom is -0.338 e. The zero-order valence-corrected chi connectivity index (χ0v) is 14.0. The van der Waals surface area contributed by atoms with E-state index < -0.39 is 0 Å². The summed E-state index contributed by atoms with van der Waals surface area (Å²) < 4.78 is 0. The lowest BCUT2D eigenvalue weighted by atomic mass is 9.79. The number of hydrogen-bond donors (Lipinski definition) is 0. The number of carbonyl (C=O) groups excluding carboxylic acids is 1. The Labute approximate surface area is 132 Å². The van der Waals surface area contributed by atoms with E-state index in [1.807, 2.05) is 11.3 Å². The summed E-state index contributed by atoms with van der Waals surface area (Å²) in [4.78, 5) is 16.3. The molecule has 0 aromatic carbocycles. The zero-order valence-electron chi connectivity index (χ0n) is 13.1. The summed E-state index contributed by atoms with van der Waals surface area (Å²) in [5.41, 5.74) is 1.39. The summed E-state index contributed by atoms with van der Waals surface area (Å²) in [5.74, 6) is 1.63. The highest BCUT2D eigenvalue weighted by atomic mass is 32.1. The average Bonchev–Trinajstić information content (AvgIpc) is 3.00. The van der Waals surface area contributed by atoms with Gasteiger partial charge in [0, 0.05) is 23.9 Å². The topological polar surface area (TPSA) is 20.3 Å². The van der Waals surface area contributed by atoms with Crippen LogP contribution in [-0.2, 0) is 17.8 Å². The maximum absolute atomic E-state index is 12.7. The van der Waals surface area contributed by atoms with Gasteiger partial charge in [-0.15, -0.1) is 11.3 Å². The Morgan fingerprint density at radius 3 is 2.90 bits per heavy atom. The first-order valence-corrected chi connectivity index (χ1v) is 9.50. The first kappa shape index (κ1) is 15.1. The monoisotopic (exact) mass is 305 g/mol. The second-order valence-corrected chi connectivity index (χ2v) is 7.74. The van der Waals surface area contributed by atoms with Crippen LogP contribution < -0.4 is 0 Å². The maximum Gasteiger partial charge on any atom is 0.225 e. The molecule has 2 nitrogen and oxygen atoms in total. The van der Waals surface area contributed by atoms with Crippen LogP contribution in [0.25, 0.3) is 0 Å². The number of carbonyl (C=O) groups is 1. The summed E-state index contributed by atoms with van der Waals surface area (Å²) in [6.45, 7) is 4.06. The molecular formula is C18H27NOS. The van der Waals surface area contributed by atoms with Crippen molar-refractivity contribution < 1.29 is 4.79 Å². The predicted octanol–water partition coefficient (Wildman–Crippen LogP) is 4.63. The fraction of sp³-hybridized carbons (Fsp3) is 0.722. The fourth-order valence-electron chi connectivity index (χ4n) is 3.89. The Morgan fingerprint density at radius 1 is 1.33 bits per heavy atom. The van der Waals surface area contributed by atoms with Gasteiger partial charge in [0.05, 0.1) is 0 Å². The maximum atomic E-state index is 12.7. The van der Waals surface area contributed by atoms with Gasteiger partial charge in [-0.3, -0.25) is 4.79 Å². The average molecular weight is 305 g/mol. The van der Waals surface area contributed by atoms with E-state index in [2.05, 4.69) is 23.3 Å². The highest BCUT2D eigenvalue weighted by molar-refractivity contribution is 7.10. The van der Waals surface area contributed by atoms with Crippen LogP contribution in [0.4, 0.5) is 0 Å². The number of amides is 1. The first-order chi connectivity index (χ1) is 10.3. The van der Waals surface area contributed by atoms with Crippen LogP contribution in [0.15, 0.2) is 11.4 Å². The van der Waals surface area contributed by atoms with Crippen LogP contribution in [0.2, 0.25) is 0 Å². The van der Waals surface area contributed by atoms with Crippen molar-refractivity contribution in [3.63, 3.8) is 0 Å². The second kappa shape index (κ2) is 6.95. The number of rotatable bonds is 4. The molecule has 1 aliphatic carbocycles. The largest absolute Gasteiger partial charge is 0.338 e. The molecule has 1 aliphatic heterocycles. The number of unbranched alkanes of at least 4 members (excludes halogenated alkanes) is 1. The standard InChI is InChI=1S/C18H27NOS/c1-2-3-4-14-5-7-15(8-6-14)18(20)19-11-9-17-16(13-19)10-12-21-17/h10,12,14-15H,2-9,11,13H2,1H3. The minimum absolute atomic E-state index is 0.308. The van der Waals surface area contributed by atoms with Gasteiger partial charge in [0.25, 0.3) is 0 Å². The molecular weight excluding hydrogens is 278 g/mol. The molecule has 0 radical (unpaired) electrons. The Bertz CT molecular complexity index is 473. The lowest BCUT2D eigenvalue weighted by Crippen LogP contribution is -2.40. The van der Waals surface area contributed by atoms with Crippen LogP contribution in [0.3, 0.4) is 0 Å². The van der Waals surface area contributed by atoms with Crippen molar-refractivity contribution in [1.82, 2.24) is 4.90 Å². The Kier molecular flexibility index (Phi) is 4.99. The zero-order chi connectivity index (χ0) is 14.7. The summed E-state index contributed by atoms with van der Waals surface area (Å²) in [5, 5.41) is 2.16. The molecule has 0 spiro atoms. The molecule has 3 rings (SSSR count). The van der Waals surface area contributed by atoms with Gasteiger partial charge < -0.3 is 4.90 Å². The SMILES string of the molecule is CCCCC1CCC(C(=O)N2CCc3sccc3C2)CC1. The highest BCUT2D eigenvalue weighted by Crippen LogP contribution is 2.34. The second-order valence-electron chi connectivity index (χ2n) is 6.74. The van der Waals surface area contributed by atoms with Crippen molar-refractivity contribution in [2.75, 3.05) is 6.54 Å². The molecule has 0 unspecified atom stereocenters. The molecule has 0 bridgehead atoms. The van der Waals surface area contributed by atoms with E-state index in [1.165, 1.54) is 42.5 Å². The van der Waals surface area contributed by atoms with Crippen molar-refractivity contribution in [1.29, 1.82) is 0 Å². The summed E-state index contributed by atoms with van der Waals surface area (Å²) in [6, 6.07) is 2.20. The van der Waals surface area contributed by atoms with E-state index in [9.17, 15) is 4.79 Å². The molecule has 1 amide bonds. The number of hydrogen-bond acceptors (Lipinski definition) is 2. The van der Waals surface area contributed by atoms with E-state index >= 15 is 0 Å². The van der Waals surface area contributed by atoms with Crippen molar-refractivity contribution in [2.45, 2.75) is 64.8 Å². The quantitative estimate of drug-likeness (QED) is 0.794. The summed E-state index contributed by atoms with van der Waals surface area (Å²) in [6.07, 6.45) is 9.89. The molecule has 0 N–H and O–H groups in total. The highest BCUT2D eigenvalue weighted by Gasteiger charge is 2.30. The van der Waals surface area contributed by atoms with Gasteiger partial charge in [-0.05, 0) is 55.0 Å². The lowest BCUT2D eigenvalue weighted by molar-refractivity contribution is -0.137. The van der Waals surface area contributed by atoms with Gasteiger partial charge in [-0.25, -0.2) is 0 Å². The first-order valence-electron chi connectivity index (χ1n) is 8.62. The van der Waals surface area contributed by atoms with Gasteiger partial charge in [0.2, 0.25) is 5.91 Å². The van der Waals surface area contributed by atoms with E-state index in [-0.39, 0.29) is 0 Å². The summed E-state index contributed by atoms with van der Waals surface area (Å²) >= 11 is 1.84. The van der Waals surface area contributed by atoms with Crippen LogP contribution in [0.1, 0.15) is 62.3 Å². The molecule has 1 saturated carbocycles. The smallest absolute Gasteiger partial charge is 0.225 e. The molecule has 3 heteroatoms. The fourth-order valence-corrected chi connectivity index (χ4v) is 4.78. The Morgan fingerprint density at radius 2 is 2.14 bits per heavy atom. The third-order valence-electron chi connectivity index (χ3n) is 5.28. The van der Waals surface area contributed by atoms with Gasteiger partial charge in [-0.1, -0.05) is 26.2 Å². The molecule has 1 aromatic rings. The van der Waals surface area contributed by atoms with Crippen LogP contribution in [0, 0.1) is 11.8 Å². The molecule has 1 fully saturated rings. The number of fused-ring (bicyclic) bond motifs is 1. The molecule has 2 aliphatic rings. The van der Waals surface area contributed by atoms with Crippen LogP contribution in [0.5, 0.6) is 0 Å². The van der Waals surface area contributed by atoms with Gasteiger partial charge in [0.1, 0.15) is 0 Å². The Balaban J connectivity index is 1.51. The van der Waals surface area contributed by atoms with Gasteiger partial charge in [0.15, 0.2) is 0 Å². The molecule has 116 valence electrons. The van der Waals surface area contributed by atoms with Crippen molar-refractivity contribution >= 4 is 17.2 Å². The normalized spacial score (nSPS) is 25.7. The lowest BCUT2D eigenvalue weighted by Gasteiger charge is -2.34. The van der Waals surface area contributed by atoms with E-state index in [0.717, 1.165) is 38.3 Å². The number of thiophene rings is 1. The molecule has 21 heavy (non-hydrogen) atoms. The van der Waals surface area contributed by atoms with E-state index in [4.69, 9.17) is 0 Å². The predicted molar refractivity (Wildman–Crippen MR) is 88.4 cm³/mol. The van der Waals surface area contributed by atoms with Crippen molar-refractivity contribution in [3.8, 4) is 0 Å². The Hall–Kier alpha value is -0.830. The molecule has 0 saturated heterocycles. The van der Waals surface area contributed by atoms with Crippen LogP contribution in [-0.4, -0.2) is 17.4 Å². The van der Waals surface area contributed by atoms with Gasteiger partial charge >= 0.3 is 0 Å². The van der Waals surface area contributed by atoms with Gasteiger partial charge in [-0.2, -0.15) is 0 Å². The number of nitrogens with zero attached hydrogens (tertiary/aromatic N) is 1. The van der Waals surface area contributed by atoms with Crippen molar-refractivity contribution in [3.05, 3.63) is 21.9 Å². The molecule has 2 heterocycles. The molecule has 0 atom stereocenters. The summed E-state index contributed by atoms with van der Waals surface area (Å²) in [7, 11) is 0. The molecule has 1 aromatic heterocycles. The van der Waals surface area contributed by atoms with E-state index in [1.54, 1.807) is 0 Å². The minimum atomic E-state index is 0.308.